The van der Waals surface area contributed by atoms with Gasteiger partial charge in [0.2, 0.25) is 0 Å². The minimum absolute atomic E-state index is 0.168. The molecule has 0 bridgehead atoms. The fraction of sp³-hybridized carbons (Fsp3) is 0.417. The van der Waals surface area contributed by atoms with Gasteiger partial charge in [-0.2, -0.15) is 0 Å². The van der Waals surface area contributed by atoms with E-state index in [4.69, 9.17) is 14.2 Å². The zero-order chi connectivity index (χ0) is 22.0. The standard InChI is InChI=1S/C24H26BrNO5/c1-15-7-8-17(13-21(15)30-16(2)27)23-22(18-5-3-4-6-20(18)25)19(24(28)31-23)14-26-9-11-29-12-10-26/h3-8,13,19,22-23H,9-12,14H2,1-2H3/t19?,22-,23-/m1/s1. The van der Waals surface area contributed by atoms with Crippen LogP contribution in [0, 0.1) is 12.8 Å². The first-order valence-corrected chi connectivity index (χ1v) is 11.3. The van der Waals surface area contributed by atoms with Crippen molar-refractivity contribution in [3.8, 4) is 5.75 Å². The van der Waals surface area contributed by atoms with Crippen molar-refractivity contribution in [3.63, 3.8) is 0 Å². The van der Waals surface area contributed by atoms with Crippen LogP contribution >= 0.6 is 15.9 Å². The predicted octanol–water partition coefficient (Wildman–Crippen LogP) is 4.01. The van der Waals surface area contributed by atoms with E-state index in [-0.39, 0.29) is 23.8 Å². The predicted molar refractivity (Wildman–Crippen MR) is 119 cm³/mol. The van der Waals surface area contributed by atoms with Gasteiger partial charge in [-0.15, -0.1) is 0 Å². The summed E-state index contributed by atoms with van der Waals surface area (Å²) >= 11 is 3.67. The summed E-state index contributed by atoms with van der Waals surface area (Å²) in [6.45, 7) is 6.84. The lowest BCUT2D eigenvalue weighted by Crippen LogP contribution is -2.41. The molecule has 0 N–H and O–H groups in total. The van der Waals surface area contributed by atoms with Gasteiger partial charge in [-0.25, -0.2) is 0 Å². The SMILES string of the molecule is CC(=O)Oc1cc([C@H]2OC(=O)C(CN3CCOCC3)[C@H]2c2ccccc2Br)ccc1C. The van der Waals surface area contributed by atoms with Gasteiger partial charge in [0.05, 0.1) is 19.1 Å². The van der Waals surface area contributed by atoms with Crippen molar-refractivity contribution < 1.29 is 23.8 Å². The Bertz CT molecular complexity index is 972. The molecule has 2 fully saturated rings. The normalized spacial score (nSPS) is 24.1. The second-order valence-electron chi connectivity index (χ2n) is 8.04. The molecule has 1 unspecified atom stereocenters. The topological polar surface area (TPSA) is 65.1 Å². The number of esters is 2. The molecule has 2 aliphatic rings. The first-order chi connectivity index (χ1) is 14.9. The molecule has 0 amide bonds. The van der Waals surface area contributed by atoms with Crippen LogP contribution in [0.4, 0.5) is 0 Å². The van der Waals surface area contributed by atoms with Gasteiger partial charge in [0.15, 0.2) is 0 Å². The number of benzene rings is 2. The third kappa shape index (κ3) is 4.84. The van der Waals surface area contributed by atoms with Crippen LogP contribution in [-0.2, 0) is 19.1 Å². The molecule has 0 saturated carbocycles. The summed E-state index contributed by atoms with van der Waals surface area (Å²) in [5.41, 5.74) is 2.71. The minimum atomic E-state index is -0.466. The molecule has 4 rings (SSSR count). The summed E-state index contributed by atoms with van der Waals surface area (Å²) in [4.78, 5) is 26.9. The zero-order valence-electron chi connectivity index (χ0n) is 17.7. The van der Waals surface area contributed by atoms with Crippen molar-refractivity contribution >= 4 is 27.9 Å². The average molecular weight is 488 g/mol. The van der Waals surface area contributed by atoms with E-state index in [1.165, 1.54) is 6.92 Å². The first-order valence-electron chi connectivity index (χ1n) is 10.5. The molecule has 2 aliphatic heterocycles. The Morgan fingerprint density at radius 1 is 1.19 bits per heavy atom. The maximum atomic E-state index is 13.1. The Morgan fingerprint density at radius 2 is 1.94 bits per heavy atom. The van der Waals surface area contributed by atoms with Crippen LogP contribution in [0.3, 0.4) is 0 Å². The van der Waals surface area contributed by atoms with E-state index < -0.39 is 6.10 Å². The van der Waals surface area contributed by atoms with Crippen molar-refractivity contribution in [2.24, 2.45) is 5.92 Å². The summed E-state index contributed by atoms with van der Waals surface area (Å²) in [7, 11) is 0. The quantitative estimate of drug-likeness (QED) is 0.468. The van der Waals surface area contributed by atoms with Crippen molar-refractivity contribution in [1.82, 2.24) is 4.90 Å². The maximum Gasteiger partial charge on any atom is 0.311 e. The molecule has 0 aliphatic carbocycles. The average Bonchev–Trinajstić information content (AvgIpc) is 3.06. The molecule has 164 valence electrons. The number of cyclic esters (lactones) is 1. The summed E-state index contributed by atoms with van der Waals surface area (Å²) in [6.07, 6.45) is -0.466. The van der Waals surface area contributed by atoms with Gasteiger partial charge in [0, 0.05) is 36.9 Å². The molecule has 6 nitrogen and oxygen atoms in total. The van der Waals surface area contributed by atoms with Crippen LogP contribution in [0.5, 0.6) is 5.75 Å². The van der Waals surface area contributed by atoms with E-state index in [1.807, 2.05) is 49.4 Å². The maximum absolute atomic E-state index is 13.1. The monoisotopic (exact) mass is 487 g/mol. The second kappa shape index (κ2) is 9.51. The number of nitrogens with zero attached hydrogens (tertiary/aromatic N) is 1. The van der Waals surface area contributed by atoms with Gasteiger partial charge in [-0.3, -0.25) is 14.5 Å². The number of hydrogen-bond donors (Lipinski definition) is 0. The Hall–Kier alpha value is -2.22. The van der Waals surface area contributed by atoms with E-state index in [9.17, 15) is 9.59 Å². The Balaban J connectivity index is 1.71. The molecular formula is C24H26BrNO5. The number of halogens is 1. The van der Waals surface area contributed by atoms with Crippen LogP contribution in [0.2, 0.25) is 0 Å². The molecule has 0 radical (unpaired) electrons. The fourth-order valence-corrected chi connectivity index (χ4v) is 4.90. The summed E-state index contributed by atoms with van der Waals surface area (Å²) < 4.78 is 17.7. The van der Waals surface area contributed by atoms with Crippen LogP contribution in [0.15, 0.2) is 46.9 Å². The van der Waals surface area contributed by atoms with Crippen LogP contribution in [0.25, 0.3) is 0 Å². The number of aryl methyl sites for hydroxylation is 1. The number of morpholine rings is 1. The third-order valence-corrected chi connectivity index (χ3v) is 6.65. The third-order valence-electron chi connectivity index (χ3n) is 5.92. The summed E-state index contributed by atoms with van der Waals surface area (Å²) in [5.74, 6) is -0.564. The van der Waals surface area contributed by atoms with Crippen molar-refractivity contribution in [2.75, 3.05) is 32.8 Å². The van der Waals surface area contributed by atoms with Crippen LogP contribution in [0.1, 0.15) is 35.6 Å². The lowest BCUT2D eigenvalue weighted by molar-refractivity contribution is -0.145. The van der Waals surface area contributed by atoms with E-state index in [2.05, 4.69) is 20.8 Å². The number of hydrogen-bond acceptors (Lipinski definition) is 6. The van der Waals surface area contributed by atoms with E-state index >= 15 is 0 Å². The molecule has 31 heavy (non-hydrogen) atoms. The molecule has 2 aromatic rings. The van der Waals surface area contributed by atoms with Crippen LogP contribution in [-0.4, -0.2) is 49.7 Å². The molecule has 2 heterocycles. The number of carbonyl (C=O) groups is 2. The van der Waals surface area contributed by atoms with Gasteiger partial charge in [0.25, 0.3) is 0 Å². The highest BCUT2D eigenvalue weighted by molar-refractivity contribution is 9.10. The van der Waals surface area contributed by atoms with E-state index in [0.29, 0.717) is 25.5 Å². The highest BCUT2D eigenvalue weighted by atomic mass is 79.9. The molecular weight excluding hydrogens is 462 g/mol. The highest BCUT2D eigenvalue weighted by Gasteiger charge is 2.47. The van der Waals surface area contributed by atoms with Crippen molar-refractivity contribution in [2.45, 2.75) is 25.9 Å². The summed E-state index contributed by atoms with van der Waals surface area (Å²) in [6, 6.07) is 13.6. The Morgan fingerprint density at radius 3 is 2.65 bits per heavy atom. The number of rotatable bonds is 5. The van der Waals surface area contributed by atoms with Gasteiger partial charge in [-0.05, 0) is 35.7 Å². The van der Waals surface area contributed by atoms with Gasteiger partial charge in [-0.1, -0.05) is 46.3 Å². The van der Waals surface area contributed by atoms with Crippen molar-refractivity contribution in [1.29, 1.82) is 0 Å². The Labute approximate surface area is 190 Å². The Kier molecular flexibility index (Phi) is 6.74. The molecule has 0 aromatic heterocycles. The molecule has 7 heteroatoms. The zero-order valence-corrected chi connectivity index (χ0v) is 19.3. The highest BCUT2D eigenvalue weighted by Crippen LogP contribution is 2.48. The van der Waals surface area contributed by atoms with E-state index in [0.717, 1.165) is 34.3 Å². The van der Waals surface area contributed by atoms with Gasteiger partial charge < -0.3 is 14.2 Å². The first kappa shape index (κ1) is 22.0. The lowest BCUT2D eigenvalue weighted by atomic mass is 9.81. The lowest BCUT2D eigenvalue weighted by Gasteiger charge is -2.30. The van der Waals surface area contributed by atoms with Gasteiger partial charge in [0.1, 0.15) is 11.9 Å². The second-order valence-corrected chi connectivity index (χ2v) is 8.90. The smallest absolute Gasteiger partial charge is 0.311 e. The molecule has 0 spiro atoms. The van der Waals surface area contributed by atoms with Gasteiger partial charge >= 0.3 is 11.9 Å². The van der Waals surface area contributed by atoms with Crippen molar-refractivity contribution in [3.05, 3.63) is 63.6 Å². The fourth-order valence-electron chi connectivity index (χ4n) is 4.35. The number of carbonyl (C=O) groups excluding carboxylic acids is 2. The summed E-state index contributed by atoms with van der Waals surface area (Å²) in [5, 5.41) is 0. The van der Waals surface area contributed by atoms with E-state index in [1.54, 1.807) is 0 Å². The minimum Gasteiger partial charge on any atom is -0.457 e. The number of ether oxygens (including phenoxy) is 3. The molecule has 2 aromatic carbocycles. The molecule has 2 saturated heterocycles. The largest absolute Gasteiger partial charge is 0.457 e. The molecule has 3 atom stereocenters. The van der Waals surface area contributed by atoms with Crippen LogP contribution < -0.4 is 4.74 Å².